The van der Waals surface area contributed by atoms with Crippen LogP contribution in [0.3, 0.4) is 0 Å². The summed E-state index contributed by atoms with van der Waals surface area (Å²) in [5.41, 5.74) is 4.52. The van der Waals surface area contributed by atoms with E-state index in [1.807, 2.05) is 23.2 Å². The van der Waals surface area contributed by atoms with Gasteiger partial charge in [-0.2, -0.15) is 0 Å². The van der Waals surface area contributed by atoms with Crippen LogP contribution < -0.4 is 0 Å². The van der Waals surface area contributed by atoms with Gasteiger partial charge in [0.25, 0.3) is 0 Å². The zero-order valence-corrected chi connectivity index (χ0v) is 14.4. The Balaban J connectivity index is 1.33. The lowest BCUT2D eigenvalue weighted by molar-refractivity contribution is -0.129. The molecule has 5 heteroatoms. The number of para-hydroxylation sites is 1. The standard InChI is InChI=1S/C21H20N4O/c26-21(9-15-10-23-20-12-22-7-5-16(15)20)25-8-6-14(13-25)18-11-24-19-4-2-1-3-17(18)19/h1-5,7,10-12,14,23-24H,6,8-9,13H2/t14-/m0/s1. The Morgan fingerprint density at radius 1 is 1.12 bits per heavy atom. The number of fused-ring (bicyclic) bond motifs is 2. The van der Waals surface area contributed by atoms with Gasteiger partial charge in [-0.05, 0) is 29.7 Å². The molecule has 1 atom stereocenters. The maximum atomic E-state index is 12.8. The monoisotopic (exact) mass is 344 g/mol. The Hall–Kier alpha value is -3.08. The van der Waals surface area contributed by atoms with Crippen LogP contribution >= 0.6 is 0 Å². The van der Waals surface area contributed by atoms with Gasteiger partial charge in [0.2, 0.25) is 5.91 Å². The van der Waals surface area contributed by atoms with Crippen LogP contribution in [0.5, 0.6) is 0 Å². The first-order valence-electron chi connectivity index (χ1n) is 9.03. The highest BCUT2D eigenvalue weighted by Crippen LogP contribution is 2.32. The minimum absolute atomic E-state index is 0.199. The average molecular weight is 344 g/mol. The van der Waals surface area contributed by atoms with Crippen LogP contribution in [0.1, 0.15) is 23.5 Å². The quantitative estimate of drug-likeness (QED) is 0.596. The van der Waals surface area contributed by atoms with Gasteiger partial charge in [0.15, 0.2) is 0 Å². The van der Waals surface area contributed by atoms with Crippen molar-refractivity contribution in [3.8, 4) is 0 Å². The molecule has 4 aromatic rings. The van der Waals surface area contributed by atoms with Gasteiger partial charge in [0.05, 0.1) is 18.1 Å². The molecule has 26 heavy (non-hydrogen) atoms. The number of pyridine rings is 1. The predicted octanol–water partition coefficient (Wildman–Crippen LogP) is 3.60. The number of benzene rings is 1. The Morgan fingerprint density at radius 2 is 2.00 bits per heavy atom. The summed E-state index contributed by atoms with van der Waals surface area (Å²) >= 11 is 0. The highest BCUT2D eigenvalue weighted by Gasteiger charge is 2.29. The van der Waals surface area contributed by atoms with E-state index in [0.717, 1.165) is 36.0 Å². The summed E-state index contributed by atoms with van der Waals surface area (Å²) < 4.78 is 0. The average Bonchev–Trinajstić information content (AvgIpc) is 3.40. The van der Waals surface area contributed by atoms with Crippen LogP contribution in [0.2, 0.25) is 0 Å². The van der Waals surface area contributed by atoms with E-state index in [9.17, 15) is 4.79 Å². The van der Waals surface area contributed by atoms with Crippen LogP contribution in [0.4, 0.5) is 0 Å². The van der Waals surface area contributed by atoms with Crippen LogP contribution in [0.25, 0.3) is 21.8 Å². The number of aromatic amines is 2. The predicted molar refractivity (Wildman–Crippen MR) is 102 cm³/mol. The largest absolute Gasteiger partial charge is 0.361 e. The normalized spacial score (nSPS) is 17.4. The number of likely N-dealkylation sites (tertiary alicyclic amines) is 1. The smallest absolute Gasteiger partial charge is 0.227 e. The molecule has 1 aliphatic rings. The fourth-order valence-corrected chi connectivity index (χ4v) is 4.13. The minimum Gasteiger partial charge on any atom is -0.361 e. The van der Waals surface area contributed by atoms with E-state index in [4.69, 9.17) is 0 Å². The molecule has 2 N–H and O–H groups in total. The number of hydrogen-bond acceptors (Lipinski definition) is 2. The van der Waals surface area contributed by atoms with Gasteiger partial charge in [-0.25, -0.2) is 0 Å². The third kappa shape index (κ3) is 2.47. The van der Waals surface area contributed by atoms with Crippen molar-refractivity contribution in [2.24, 2.45) is 0 Å². The fourth-order valence-electron chi connectivity index (χ4n) is 4.13. The summed E-state index contributed by atoms with van der Waals surface area (Å²) in [6, 6.07) is 10.3. The summed E-state index contributed by atoms with van der Waals surface area (Å²) in [4.78, 5) is 25.5. The van der Waals surface area contributed by atoms with Crippen molar-refractivity contribution in [2.75, 3.05) is 13.1 Å². The SMILES string of the molecule is O=C(Cc1c[nH]c2cnccc12)N1CC[C@H](c2c[nH]c3ccccc23)C1. The van der Waals surface area contributed by atoms with E-state index in [1.165, 1.54) is 16.5 Å². The molecule has 3 aromatic heterocycles. The van der Waals surface area contributed by atoms with Crippen molar-refractivity contribution in [2.45, 2.75) is 18.8 Å². The molecule has 1 amide bonds. The van der Waals surface area contributed by atoms with Crippen molar-refractivity contribution < 1.29 is 4.79 Å². The number of carbonyl (C=O) groups excluding carboxylic acids is 1. The molecule has 0 saturated carbocycles. The summed E-state index contributed by atoms with van der Waals surface area (Å²) in [5, 5.41) is 2.36. The van der Waals surface area contributed by atoms with Gasteiger partial charge in [0.1, 0.15) is 0 Å². The Bertz CT molecular complexity index is 1090. The van der Waals surface area contributed by atoms with Crippen LogP contribution in [-0.4, -0.2) is 38.8 Å². The van der Waals surface area contributed by atoms with E-state index in [2.05, 4.69) is 39.3 Å². The topological polar surface area (TPSA) is 64.8 Å². The second-order valence-electron chi connectivity index (χ2n) is 7.03. The lowest BCUT2D eigenvalue weighted by atomic mass is 9.98. The molecule has 130 valence electrons. The highest BCUT2D eigenvalue weighted by molar-refractivity contribution is 5.89. The summed E-state index contributed by atoms with van der Waals surface area (Å²) in [6.45, 7) is 1.62. The van der Waals surface area contributed by atoms with Crippen molar-refractivity contribution in [1.82, 2.24) is 19.9 Å². The number of rotatable bonds is 3. The molecular weight excluding hydrogens is 324 g/mol. The van der Waals surface area contributed by atoms with E-state index in [0.29, 0.717) is 12.3 Å². The first kappa shape index (κ1) is 15.2. The molecule has 0 spiro atoms. The third-order valence-corrected chi connectivity index (χ3v) is 5.51. The molecule has 0 aliphatic carbocycles. The number of amides is 1. The van der Waals surface area contributed by atoms with E-state index in [1.54, 1.807) is 12.4 Å². The molecule has 1 saturated heterocycles. The van der Waals surface area contributed by atoms with Gasteiger partial charge in [-0.3, -0.25) is 9.78 Å². The van der Waals surface area contributed by atoms with Gasteiger partial charge in [-0.15, -0.1) is 0 Å². The zero-order chi connectivity index (χ0) is 17.5. The minimum atomic E-state index is 0.199. The van der Waals surface area contributed by atoms with E-state index >= 15 is 0 Å². The van der Waals surface area contributed by atoms with Crippen molar-refractivity contribution >= 4 is 27.7 Å². The number of hydrogen-bond donors (Lipinski definition) is 2. The number of aromatic nitrogens is 3. The lowest BCUT2D eigenvalue weighted by Crippen LogP contribution is -2.29. The van der Waals surface area contributed by atoms with Crippen molar-refractivity contribution in [3.05, 3.63) is 66.2 Å². The number of nitrogens with one attached hydrogen (secondary N) is 2. The maximum Gasteiger partial charge on any atom is 0.227 e. The fraction of sp³-hybridized carbons (Fsp3) is 0.238. The number of carbonyl (C=O) groups is 1. The summed E-state index contributed by atoms with van der Waals surface area (Å²) in [5.74, 6) is 0.604. The molecule has 0 radical (unpaired) electrons. The molecule has 1 aromatic carbocycles. The molecule has 0 unspecified atom stereocenters. The highest BCUT2D eigenvalue weighted by atomic mass is 16.2. The first-order valence-corrected chi connectivity index (χ1v) is 9.03. The van der Waals surface area contributed by atoms with Gasteiger partial charge >= 0.3 is 0 Å². The second kappa shape index (κ2) is 6.02. The lowest BCUT2D eigenvalue weighted by Gasteiger charge is -2.16. The van der Waals surface area contributed by atoms with Crippen molar-refractivity contribution in [1.29, 1.82) is 0 Å². The molecule has 5 rings (SSSR count). The molecule has 1 aliphatic heterocycles. The van der Waals surface area contributed by atoms with E-state index in [-0.39, 0.29) is 5.91 Å². The van der Waals surface area contributed by atoms with Crippen molar-refractivity contribution in [3.63, 3.8) is 0 Å². The Kier molecular flexibility index (Phi) is 3.52. The molecule has 0 bridgehead atoms. The second-order valence-corrected chi connectivity index (χ2v) is 7.03. The zero-order valence-electron chi connectivity index (χ0n) is 14.4. The molecule has 4 heterocycles. The summed E-state index contributed by atoms with van der Waals surface area (Å²) in [7, 11) is 0. The molecule has 5 nitrogen and oxygen atoms in total. The number of H-pyrrole nitrogens is 2. The Morgan fingerprint density at radius 3 is 2.96 bits per heavy atom. The first-order chi connectivity index (χ1) is 12.8. The molecular formula is C21H20N4O. The van der Waals surface area contributed by atoms with Crippen LogP contribution in [0, 0.1) is 0 Å². The summed E-state index contributed by atoms with van der Waals surface area (Å²) in [6.07, 6.45) is 9.06. The number of nitrogens with zero attached hydrogens (tertiary/aromatic N) is 2. The van der Waals surface area contributed by atoms with Gasteiger partial charge in [0, 0.05) is 53.9 Å². The van der Waals surface area contributed by atoms with Crippen LogP contribution in [-0.2, 0) is 11.2 Å². The maximum absolute atomic E-state index is 12.8. The Labute approximate surface area is 151 Å². The molecule has 1 fully saturated rings. The van der Waals surface area contributed by atoms with E-state index < -0.39 is 0 Å². The van der Waals surface area contributed by atoms with Gasteiger partial charge < -0.3 is 14.9 Å². The van der Waals surface area contributed by atoms with Crippen LogP contribution in [0.15, 0.2) is 55.1 Å². The van der Waals surface area contributed by atoms with Gasteiger partial charge in [-0.1, -0.05) is 18.2 Å². The third-order valence-electron chi connectivity index (χ3n) is 5.51.